The first kappa shape index (κ1) is 14.5. The van der Waals surface area contributed by atoms with Gasteiger partial charge in [0.05, 0.1) is 12.0 Å². The molecule has 2 amide bonds. The number of aromatic amines is 1. The number of nitrogens with zero attached hydrogens (tertiary/aromatic N) is 2. The lowest BCUT2D eigenvalue weighted by Crippen LogP contribution is -2.43. The van der Waals surface area contributed by atoms with E-state index in [0.717, 1.165) is 29.1 Å². The van der Waals surface area contributed by atoms with Gasteiger partial charge in [0, 0.05) is 24.3 Å². The van der Waals surface area contributed by atoms with Gasteiger partial charge in [-0.25, -0.2) is 9.78 Å². The average Bonchev–Trinajstić information content (AvgIpc) is 3.11. The second-order valence-electron chi connectivity index (χ2n) is 5.82. The van der Waals surface area contributed by atoms with Gasteiger partial charge in [-0.05, 0) is 17.7 Å². The molecule has 120 valence electrons. The van der Waals surface area contributed by atoms with E-state index >= 15 is 0 Å². The van der Waals surface area contributed by atoms with Crippen molar-refractivity contribution in [1.29, 1.82) is 0 Å². The molecule has 2 heterocycles. The third-order valence-electron chi connectivity index (χ3n) is 4.33. The highest BCUT2D eigenvalue weighted by atomic mass is 16.2. The zero-order valence-corrected chi connectivity index (χ0v) is 13.1. The van der Waals surface area contributed by atoms with Crippen molar-refractivity contribution in [2.24, 2.45) is 0 Å². The number of H-pyrrole nitrogens is 1. The minimum absolute atomic E-state index is 0.108. The van der Waals surface area contributed by atoms with Crippen LogP contribution in [-0.2, 0) is 6.42 Å². The minimum Gasteiger partial charge on any atom is -0.348 e. The predicted molar refractivity (Wildman–Crippen MR) is 92.7 cm³/mol. The number of carbonyl (C=O) groups is 1. The Bertz CT molecular complexity index is 829. The SMILES string of the molecule is O=C(Nc1ccccc1)N1CCc2[nH]cnc2[C@@H]1c1ccccc1. The summed E-state index contributed by atoms with van der Waals surface area (Å²) < 4.78 is 0. The van der Waals surface area contributed by atoms with Crippen molar-refractivity contribution in [3.63, 3.8) is 0 Å². The molecule has 5 nitrogen and oxygen atoms in total. The van der Waals surface area contributed by atoms with E-state index < -0.39 is 0 Å². The van der Waals surface area contributed by atoms with E-state index in [4.69, 9.17) is 0 Å². The average molecular weight is 318 g/mol. The van der Waals surface area contributed by atoms with Crippen LogP contribution in [0.3, 0.4) is 0 Å². The van der Waals surface area contributed by atoms with Crippen LogP contribution < -0.4 is 5.32 Å². The third-order valence-corrected chi connectivity index (χ3v) is 4.33. The fourth-order valence-corrected chi connectivity index (χ4v) is 3.19. The number of fused-ring (bicyclic) bond motifs is 1. The van der Waals surface area contributed by atoms with E-state index in [9.17, 15) is 4.79 Å². The number of hydrogen-bond donors (Lipinski definition) is 2. The van der Waals surface area contributed by atoms with E-state index in [1.807, 2.05) is 65.6 Å². The van der Waals surface area contributed by atoms with Gasteiger partial charge in [0.15, 0.2) is 0 Å². The van der Waals surface area contributed by atoms with Gasteiger partial charge in [0.2, 0.25) is 0 Å². The maximum Gasteiger partial charge on any atom is 0.322 e. The van der Waals surface area contributed by atoms with Gasteiger partial charge in [-0.3, -0.25) is 0 Å². The van der Waals surface area contributed by atoms with Gasteiger partial charge in [-0.2, -0.15) is 0 Å². The molecule has 4 rings (SSSR count). The van der Waals surface area contributed by atoms with Crippen LogP contribution in [0.15, 0.2) is 67.0 Å². The molecule has 0 radical (unpaired) electrons. The molecule has 1 aliphatic heterocycles. The van der Waals surface area contributed by atoms with Crippen molar-refractivity contribution in [3.05, 3.63) is 83.9 Å². The van der Waals surface area contributed by atoms with Crippen molar-refractivity contribution >= 4 is 11.7 Å². The molecule has 24 heavy (non-hydrogen) atoms. The molecule has 0 spiro atoms. The van der Waals surface area contributed by atoms with Gasteiger partial charge < -0.3 is 15.2 Å². The first-order chi connectivity index (χ1) is 11.8. The topological polar surface area (TPSA) is 61.0 Å². The molecule has 5 heteroatoms. The number of benzene rings is 2. The predicted octanol–water partition coefficient (Wildman–Crippen LogP) is 3.59. The van der Waals surface area contributed by atoms with Crippen molar-refractivity contribution in [2.75, 3.05) is 11.9 Å². The number of imidazole rings is 1. The number of para-hydroxylation sites is 1. The number of nitrogens with one attached hydrogen (secondary N) is 2. The summed E-state index contributed by atoms with van der Waals surface area (Å²) in [6.45, 7) is 0.646. The van der Waals surface area contributed by atoms with Crippen LogP contribution >= 0.6 is 0 Å². The van der Waals surface area contributed by atoms with Gasteiger partial charge in [-0.1, -0.05) is 48.5 Å². The first-order valence-electron chi connectivity index (χ1n) is 8.02. The van der Waals surface area contributed by atoms with E-state index in [1.165, 1.54) is 0 Å². The Balaban J connectivity index is 1.67. The Hall–Kier alpha value is -3.08. The van der Waals surface area contributed by atoms with Crippen molar-refractivity contribution in [3.8, 4) is 0 Å². The maximum absolute atomic E-state index is 12.9. The van der Waals surface area contributed by atoms with Crippen LogP contribution in [0.25, 0.3) is 0 Å². The zero-order valence-electron chi connectivity index (χ0n) is 13.1. The highest BCUT2D eigenvalue weighted by Gasteiger charge is 2.33. The quantitative estimate of drug-likeness (QED) is 0.758. The lowest BCUT2D eigenvalue weighted by molar-refractivity contribution is 0.192. The van der Waals surface area contributed by atoms with Crippen LogP contribution in [0.4, 0.5) is 10.5 Å². The van der Waals surface area contributed by atoms with Gasteiger partial charge >= 0.3 is 6.03 Å². The molecule has 1 aromatic heterocycles. The summed E-state index contributed by atoms with van der Waals surface area (Å²) >= 11 is 0. The van der Waals surface area contributed by atoms with Gasteiger partial charge in [0.1, 0.15) is 6.04 Å². The van der Waals surface area contributed by atoms with Crippen LogP contribution in [-0.4, -0.2) is 27.4 Å². The number of carbonyl (C=O) groups excluding carboxylic acids is 1. The van der Waals surface area contributed by atoms with Crippen LogP contribution in [0, 0.1) is 0 Å². The summed E-state index contributed by atoms with van der Waals surface area (Å²) in [7, 11) is 0. The normalized spacial score (nSPS) is 16.5. The van der Waals surface area contributed by atoms with E-state index in [1.54, 1.807) is 6.33 Å². The first-order valence-corrected chi connectivity index (χ1v) is 8.02. The summed E-state index contributed by atoms with van der Waals surface area (Å²) in [5.41, 5.74) is 3.89. The van der Waals surface area contributed by atoms with Crippen molar-refractivity contribution in [2.45, 2.75) is 12.5 Å². The van der Waals surface area contributed by atoms with Crippen LogP contribution in [0.2, 0.25) is 0 Å². The summed E-state index contributed by atoms with van der Waals surface area (Å²) in [5, 5.41) is 2.98. The monoisotopic (exact) mass is 318 g/mol. The molecule has 1 aliphatic rings. The van der Waals surface area contributed by atoms with Crippen molar-refractivity contribution in [1.82, 2.24) is 14.9 Å². The Kier molecular flexibility index (Phi) is 3.75. The molecule has 2 aromatic carbocycles. The number of aromatic nitrogens is 2. The standard InChI is InChI=1S/C19H18N4O/c24-19(22-15-9-5-2-6-10-15)23-12-11-16-17(21-13-20-16)18(23)14-7-3-1-4-8-14/h1-10,13,18H,11-12H2,(H,20,21)(H,22,24)/t18-/m0/s1. The highest BCUT2D eigenvalue weighted by molar-refractivity contribution is 5.90. The van der Waals surface area contributed by atoms with Crippen molar-refractivity contribution < 1.29 is 4.79 Å². The number of anilines is 1. The largest absolute Gasteiger partial charge is 0.348 e. The molecule has 1 atom stereocenters. The second-order valence-corrected chi connectivity index (χ2v) is 5.82. The molecule has 0 aliphatic carbocycles. The molecule has 0 bridgehead atoms. The highest BCUT2D eigenvalue weighted by Crippen LogP contribution is 2.33. The number of hydrogen-bond acceptors (Lipinski definition) is 2. The minimum atomic E-state index is -0.176. The third kappa shape index (κ3) is 2.65. The van der Waals surface area contributed by atoms with Crippen LogP contribution in [0.5, 0.6) is 0 Å². The van der Waals surface area contributed by atoms with E-state index in [-0.39, 0.29) is 12.1 Å². The fourth-order valence-electron chi connectivity index (χ4n) is 3.19. The molecule has 3 aromatic rings. The molecule has 0 fully saturated rings. The van der Waals surface area contributed by atoms with Gasteiger partial charge in [0.25, 0.3) is 0 Å². The molecule has 0 saturated heterocycles. The number of rotatable bonds is 2. The summed E-state index contributed by atoms with van der Waals surface area (Å²) in [6, 6.07) is 19.3. The summed E-state index contributed by atoms with van der Waals surface area (Å²) in [6.07, 6.45) is 2.49. The molecular weight excluding hydrogens is 300 g/mol. The fraction of sp³-hybridized carbons (Fsp3) is 0.158. The zero-order chi connectivity index (χ0) is 16.4. The van der Waals surface area contributed by atoms with E-state index in [0.29, 0.717) is 6.54 Å². The Labute approximate surface area is 140 Å². The summed E-state index contributed by atoms with van der Waals surface area (Å²) in [4.78, 5) is 22.4. The smallest absolute Gasteiger partial charge is 0.322 e. The van der Waals surface area contributed by atoms with E-state index in [2.05, 4.69) is 15.3 Å². The molecule has 2 N–H and O–H groups in total. The number of urea groups is 1. The second kappa shape index (κ2) is 6.20. The maximum atomic E-state index is 12.9. The summed E-state index contributed by atoms with van der Waals surface area (Å²) in [5.74, 6) is 0. The number of amides is 2. The molecular formula is C19H18N4O. The van der Waals surface area contributed by atoms with Crippen LogP contribution in [0.1, 0.15) is 23.0 Å². The molecule has 0 unspecified atom stereocenters. The lowest BCUT2D eigenvalue weighted by Gasteiger charge is -2.35. The van der Waals surface area contributed by atoms with Gasteiger partial charge in [-0.15, -0.1) is 0 Å². The Morgan fingerprint density at radius 1 is 1.08 bits per heavy atom. The Morgan fingerprint density at radius 3 is 2.54 bits per heavy atom. The molecule has 0 saturated carbocycles. The lowest BCUT2D eigenvalue weighted by atomic mass is 9.96. The Morgan fingerprint density at radius 2 is 1.79 bits per heavy atom.